The molecule has 3 aromatic rings. The molecule has 0 unspecified atom stereocenters. The number of amides is 4. The van der Waals surface area contributed by atoms with E-state index in [9.17, 15) is 29.3 Å². The van der Waals surface area contributed by atoms with Crippen LogP contribution in [-0.4, -0.2) is 28.6 Å². The Kier molecular flexibility index (Phi) is 3.81. The van der Waals surface area contributed by atoms with Crippen molar-refractivity contribution in [2.75, 3.05) is 9.80 Å². The van der Waals surface area contributed by atoms with Crippen LogP contribution in [0.25, 0.3) is 0 Å². The van der Waals surface area contributed by atoms with E-state index in [1.807, 2.05) is 0 Å². The summed E-state index contributed by atoms with van der Waals surface area (Å²) in [5.41, 5.74) is 0.359. The smallest absolute Gasteiger partial charge is 0.268 e. The first kappa shape index (κ1) is 18.4. The van der Waals surface area contributed by atoms with E-state index in [4.69, 9.17) is 0 Å². The number of nitro groups is 1. The highest BCUT2D eigenvalue weighted by molar-refractivity contribution is 6.37. The van der Waals surface area contributed by atoms with E-state index >= 15 is 0 Å². The lowest BCUT2D eigenvalue weighted by Crippen LogP contribution is -2.30. The summed E-state index contributed by atoms with van der Waals surface area (Å²) >= 11 is 0. The first-order valence-corrected chi connectivity index (χ1v) is 9.13. The number of anilines is 2. The lowest BCUT2D eigenvalue weighted by Gasteiger charge is -2.14. The number of fused-ring (bicyclic) bond motifs is 2. The summed E-state index contributed by atoms with van der Waals surface area (Å²) in [4.78, 5) is 63.5. The van der Waals surface area contributed by atoms with Gasteiger partial charge in [0.25, 0.3) is 29.3 Å². The van der Waals surface area contributed by atoms with Crippen LogP contribution in [0.4, 0.5) is 17.1 Å². The van der Waals surface area contributed by atoms with Gasteiger partial charge in [0.05, 0.1) is 38.6 Å². The molecule has 0 aromatic heterocycles. The van der Waals surface area contributed by atoms with Gasteiger partial charge in [0.1, 0.15) is 0 Å². The van der Waals surface area contributed by atoms with Crippen molar-refractivity contribution in [2.24, 2.45) is 0 Å². The summed E-state index contributed by atoms with van der Waals surface area (Å²) in [5, 5.41) is 11.0. The first-order chi connectivity index (χ1) is 14.9. The molecule has 3 aromatic carbocycles. The number of para-hydroxylation sites is 1. The molecule has 150 valence electrons. The normalized spacial score (nSPS) is 14.8. The van der Waals surface area contributed by atoms with Gasteiger partial charge in [-0.15, -0.1) is 0 Å². The quantitative estimate of drug-likeness (QED) is 0.370. The molecule has 2 heterocycles. The van der Waals surface area contributed by atoms with Crippen molar-refractivity contribution in [1.82, 2.24) is 0 Å². The zero-order valence-corrected chi connectivity index (χ0v) is 15.6. The van der Waals surface area contributed by atoms with E-state index in [2.05, 4.69) is 0 Å². The minimum Gasteiger partial charge on any atom is -0.268 e. The number of nitro benzene ring substituents is 1. The van der Waals surface area contributed by atoms with Gasteiger partial charge in [0.15, 0.2) is 0 Å². The summed E-state index contributed by atoms with van der Waals surface area (Å²) in [6.07, 6.45) is 0. The standard InChI is InChI=1S/C22H11N3O6/c26-19-15-8-6-13(10-17(15)21(28)23(19)12-4-2-1-3-5-12)24-20(27)16-9-7-14(25(30)31)11-18(16)22(24)29/h1-11H. The average Bonchev–Trinajstić information content (AvgIpc) is 3.18. The predicted molar refractivity (Wildman–Crippen MR) is 108 cm³/mol. The van der Waals surface area contributed by atoms with Crippen LogP contribution in [0.3, 0.4) is 0 Å². The van der Waals surface area contributed by atoms with Gasteiger partial charge in [0, 0.05) is 12.1 Å². The van der Waals surface area contributed by atoms with Gasteiger partial charge in [-0.25, -0.2) is 9.80 Å². The van der Waals surface area contributed by atoms with Crippen molar-refractivity contribution in [2.45, 2.75) is 0 Å². The van der Waals surface area contributed by atoms with Crippen molar-refractivity contribution in [3.63, 3.8) is 0 Å². The van der Waals surface area contributed by atoms with Crippen molar-refractivity contribution in [3.05, 3.63) is 99.1 Å². The number of non-ortho nitro benzene ring substituents is 1. The third-order valence-electron chi connectivity index (χ3n) is 5.22. The highest BCUT2D eigenvalue weighted by atomic mass is 16.6. The molecular formula is C22H11N3O6. The second kappa shape index (κ2) is 6.42. The Hall–Kier alpha value is -4.66. The Morgan fingerprint density at radius 3 is 1.71 bits per heavy atom. The van der Waals surface area contributed by atoms with Gasteiger partial charge in [-0.1, -0.05) is 18.2 Å². The van der Waals surface area contributed by atoms with Crippen molar-refractivity contribution >= 4 is 40.7 Å². The maximum atomic E-state index is 12.9. The number of hydrogen-bond acceptors (Lipinski definition) is 6. The van der Waals surface area contributed by atoms with Gasteiger partial charge in [-0.05, 0) is 36.4 Å². The highest BCUT2D eigenvalue weighted by Gasteiger charge is 2.41. The molecule has 5 rings (SSSR count). The van der Waals surface area contributed by atoms with E-state index in [1.165, 1.54) is 24.3 Å². The molecule has 0 aliphatic carbocycles. The van der Waals surface area contributed by atoms with Gasteiger partial charge in [0.2, 0.25) is 0 Å². The van der Waals surface area contributed by atoms with E-state index in [0.29, 0.717) is 5.69 Å². The fourth-order valence-corrected chi connectivity index (χ4v) is 3.76. The van der Waals surface area contributed by atoms with Crippen LogP contribution >= 0.6 is 0 Å². The zero-order valence-electron chi connectivity index (χ0n) is 15.6. The Morgan fingerprint density at radius 1 is 0.581 bits per heavy atom. The number of benzene rings is 3. The number of nitrogens with zero attached hydrogens (tertiary/aromatic N) is 3. The lowest BCUT2D eigenvalue weighted by molar-refractivity contribution is -0.384. The van der Waals surface area contributed by atoms with Crippen LogP contribution < -0.4 is 9.80 Å². The molecular weight excluding hydrogens is 402 g/mol. The lowest BCUT2D eigenvalue weighted by atomic mass is 10.1. The molecule has 0 radical (unpaired) electrons. The van der Waals surface area contributed by atoms with E-state index < -0.39 is 28.6 Å². The van der Waals surface area contributed by atoms with Crippen molar-refractivity contribution in [3.8, 4) is 0 Å². The maximum absolute atomic E-state index is 12.9. The summed E-state index contributed by atoms with van der Waals surface area (Å²) in [7, 11) is 0. The maximum Gasteiger partial charge on any atom is 0.270 e. The van der Waals surface area contributed by atoms with Crippen LogP contribution in [0, 0.1) is 10.1 Å². The molecule has 4 amide bonds. The molecule has 0 spiro atoms. The number of carbonyl (C=O) groups is 4. The number of rotatable bonds is 3. The molecule has 0 fully saturated rings. The molecule has 0 bridgehead atoms. The third kappa shape index (κ3) is 2.57. The minimum atomic E-state index is -0.736. The van der Waals surface area contributed by atoms with Crippen molar-refractivity contribution in [1.29, 1.82) is 0 Å². The third-order valence-corrected chi connectivity index (χ3v) is 5.22. The predicted octanol–water partition coefficient (Wildman–Crippen LogP) is 3.20. The fourth-order valence-electron chi connectivity index (χ4n) is 3.76. The monoisotopic (exact) mass is 413 g/mol. The Labute approximate surface area is 174 Å². The van der Waals surface area contributed by atoms with E-state index in [0.717, 1.165) is 21.9 Å². The van der Waals surface area contributed by atoms with Crippen molar-refractivity contribution < 1.29 is 24.1 Å². The molecule has 9 heteroatoms. The molecule has 0 N–H and O–H groups in total. The highest BCUT2D eigenvalue weighted by Crippen LogP contribution is 2.35. The molecule has 2 aliphatic heterocycles. The summed E-state index contributed by atoms with van der Waals surface area (Å²) in [6.45, 7) is 0. The minimum absolute atomic E-state index is 0.0319. The second-order valence-corrected chi connectivity index (χ2v) is 6.94. The van der Waals surface area contributed by atoms with Crippen LogP contribution in [0.2, 0.25) is 0 Å². The van der Waals surface area contributed by atoms with E-state index in [1.54, 1.807) is 30.3 Å². The van der Waals surface area contributed by atoms with Gasteiger partial charge in [-0.3, -0.25) is 29.3 Å². The Morgan fingerprint density at radius 2 is 1.10 bits per heavy atom. The fraction of sp³-hybridized carbons (Fsp3) is 0. The number of hydrogen-bond donors (Lipinski definition) is 0. The average molecular weight is 413 g/mol. The first-order valence-electron chi connectivity index (χ1n) is 9.13. The topological polar surface area (TPSA) is 118 Å². The molecule has 2 aliphatic rings. The molecule has 9 nitrogen and oxygen atoms in total. The van der Waals surface area contributed by atoms with Gasteiger partial charge < -0.3 is 0 Å². The summed E-state index contributed by atoms with van der Waals surface area (Å²) in [6, 6.07) is 15.9. The Balaban J connectivity index is 1.55. The van der Waals surface area contributed by atoms with Crippen LogP contribution in [0.5, 0.6) is 0 Å². The zero-order chi connectivity index (χ0) is 21.9. The molecule has 31 heavy (non-hydrogen) atoms. The SMILES string of the molecule is O=C1c2ccc(N3C(=O)c4ccc([N+](=O)[O-])cc4C3=O)cc2C(=O)N1c1ccccc1. The summed E-state index contributed by atoms with van der Waals surface area (Å²) < 4.78 is 0. The van der Waals surface area contributed by atoms with Crippen LogP contribution in [-0.2, 0) is 0 Å². The van der Waals surface area contributed by atoms with Crippen LogP contribution in [0.1, 0.15) is 41.4 Å². The number of carbonyl (C=O) groups excluding carboxylic acids is 4. The summed E-state index contributed by atoms with van der Waals surface area (Å²) in [5.74, 6) is -2.47. The van der Waals surface area contributed by atoms with Crippen LogP contribution in [0.15, 0.2) is 66.7 Å². The van der Waals surface area contributed by atoms with Gasteiger partial charge in [-0.2, -0.15) is 0 Å². The second-order valence-electron chi connectivity index (χ2n) is 6.94. The van der Waals surface area contributed by atoms with E-state index in [-0.39, 0.29) is 33.6 Å². The number of imide groups is 2. The molecule has 0 saturated heterocycles. The molecule has 0 atom stereocenters. The van der Waals surface area contributed by atoms with Gasteiger partial charge >= 0.3 is 0 Å². The molecule has 0 saturated carbocycles. The largest absolute Gasteiger partial charge is 0.270 e. The Bertz CT molecular complexity index is 1350.